The number of aromatic nitrogens is 2. The molecule has 0 radical (unpaired) electrons. The number of Topliss-reactive ketones (excluding diaryl/α,β-unsaturated/α-hetero) is 1. The van der Waals surface area contributed by atoms with Crippen molar-refractivity contribution < 1.29 is 14.3 Å². The number of hydrogen-bond donors (Lipinski definition) is 1. The Morgan fingerprint density at radius 3 is 2.58 bits per heavy atom. The van der Waals surface area contributed by atoms with Gasteiger partial charge in [0.05, 0.1) is 24.3 Å². The molecular weight excluding hydrogens is 306 g/mol. The van der Waals surface area contributed by atoms with E-state index in [1.165, 1.54) is 7.11 Å². The van der Waals surface area contributed by atoms with Crippen molar-refractivity contribution in [3.63, 3.8) is 0 Å². The molecule has 6 heteroatoms. The van der Waals surface area contributed by atoms with Crippen LogP contribution in [0.25, 0.3) is 0 Å². The SMILES string of the molecule is COC(=O)C1=C(C)NC2=C(C(=O)CCC2)[C@@H]1c1c(C)nn(C)c1C. The minimum atomic E-state index is -0.407. The maximum Gasteiger partial charge on any atom is 0.336 e. The second-order valence-electron chi connectivity index (χ2n) is 6.47. The predicted molar refractivity (Wildman–Crippen MR) is 89.2 cm³/mol. The number of nitrogens with one attached hydrogen (secondary N) is 1. The lowest BCUT2D eigenvalue weighted by atomic mass is 9.74. The van der Waals surface area contributed by atoms with Crippen LogP contribution in [0.15, 0.2) is 22.5 Å². The highest BCUT2D eigenvalue weighted by Gasteiger charge is 2.41. The van der Waals surface area contributed by atoms with Crippen molar-refractivity contribution in [1.29, 1.82) is 0 Å². The molecule has 0 saturated carbocycles. The van der Waals surface area contributed by atoms with E-state index in [4.69, 9.17) is 4.74 Å². The number of nitrogens with zero attached hydrogens (tertiary/aromatic N) is 2. The Bertz CT molecular complexity index is 799. The number of carbonyl (C=O) groups is 2. The smallest absolute Gasteiger partial charge is 0.336 e. The van der Waals surface area contributed by atoms with E-state index in [0.29, 0.717) is 17.6 Å². The summed E-state index contributed by atoms with van der Waals surface area (Å²) >= 11 is 0. The Balaban J connectivity index is 2.28. The van der Waals surface area contributed by atoms with E-state index in [1.54, 1.807) is 4.68 Å². The van der Waals surface area contributed by atoms with Crippen LogP contribution in [0.1, 0.15) is 49.1 Å². The van der Waals surface area contributed by atoms with Crippen LogP contribution in [0.3, 0.4) is 0 Å². The van der Waals surface area contributed by atoms with Gasteiger partial charge in [0.2, 0.25) is 0 Å². The second kappa shape index (κ2) is 5.92. The first-order valence-electron chi connectivity index (χ1n) is 8.19. The van der Waals surface area contributed by atoms with Gasteiger partial charge in [-0.2, -0.15) is 5.10 Å². The summed E-state index contributed by atoms with van der Waals surface area (Å²) in [5.41, 5.74) is 5.62. The van der Waals surface area contributed by atoms with Crippen molar-refractivity contribution >= 4 is 11.8 Å². The first kappa shape index (κ1) is 16.5. The van der Waals surface area contributed by atoms with E-state index in [2.05, 4.69) is 10.4 Å². The van der Waals surface area contributed by atoms with E-state index in [0.717, 1.165) is 41.2 Å². The lowest BCUT2D eigenvalue weighted by Gasteiger charge is -2.34. The van der Waals surface area contributed by atoms with Crippen LogP contribution in [0, 0.1) is 13.8 Å². The van der Waals surface area contributed by atoms with Crippen LogP contribution >= 0.6 is 0 Å². The third-order valence-electron chi connectivity index (χ3n) is 5.03. The zero-order valence-corrected chi connectivity index (χ0v) is 14.8. The highest BCUT2D eigenvalue weighted by molar-refractivity contribution is 6.03. The van der Waals surface area contributed by atoms with Crippen molar-refractivity contribution in [3.05, 3.63) is 39.5 Å². The van der Waals surface area contributed by atoms with Crippen LogP contribution in [0.4, 0.5) is 0 Å². The van der Waals surface area contributed by atoms with Crippen LogP contribution in [-0.4, -0.2) is 28.6 Å². The summed E-state index contributed by atoms with van der Waals surface area (Å²) < 4.78 is 6.81. The van der Waals surface area contributed by atoms with Crippen LogP contribution < -0.4 is 5.32 Å². The fourth-order valence-corrected chi connectivity index (χ4v) is 3.86. The molecular formula is C18H23N3O3. The predicted octanol–water partition coefficient (Wildman–Crippen LogP) is 2.18. The number of rotatable bonds is 2. The zero-order chi connectivity index (χ0) is 17.6. The summed E-state index contributed by atoms with van der Waals surface area (Å²) in [6.45, 7) is 5.75. The van der Waals surface area contributed by atoms with Gasteiger partial charge in [-0.25, -0.2) is 4.79 Å². The molecule has 1 aliphatic heterocycles. The molecule has 0 unspecified atom stereocenters. The van der Waals surface area contributed by atoms with E-state index < -0.39 is 11.9 Å². The fourth-order valence-electron chi connectivity index (χ4n) is 3.86. The van der Waals surface area contributed by atoms with Gasteiger partial charge < -0.3 is 10.1 Å². The van der Waals surface area contributed by atoms with Crippen LogP contribution in [-0.2, 0) is 21.4 Å². The summed E-state index contributed by atoms with van der Waals surface area (Å²) in [5, 5.41) is 7.75. The molecule has 3 rings (SSSR count). The standard InChI is InChI=1S/C18H23N3O3/c1-9-15(18(23)24-5)17(14-10(2)20-21(4)11(14)3)16-12(19-9)7-6-8-13(16)22/h17,19H,6-8H2,1-5H3/t17-/m1/s1. The topological polar surface area (TPSA) is 73.2 Å². The van der Waals surface area contributed by atoms with Gasteiger partial charge >= 0.3 is 5.97 Å². The summed E-state index contributed by atoms with van der Waals surface area (Å²) in [5.74, 6) is -0.710. The van der Waals surface area contributed by atoms with Crippen molar-refractivity contribution in [1.82, 2.24) is 15.1 Å². The third kappa shape index (κ3) is 2.37. The Morgan fingerprint density at radius 2 is 2.00 bits per heavy atom. The van der Waals surface area contributed by atoms with E-state index >= 15 is 0 Å². The number of hydrogen-bond acceptors (Lipinski definition) is 5. The lowest BCUT2D eigenvalue weighted by molar-refractivity contribution is -0.136. The van der Waals surface area contributed by atoms with E-state index in [-0.39, 0.29) is 5.78 Å². The summed E-state index contributed by atoms with van der Waals surface area (Å²) in [7, 11) is 3.24. The van der Waals surface area contributed by atoms with E-state index in [9.17, 15) is 9.59 Å². The number of allylic oxidation sites excluding steroid dienone is 3. The molecule has 1 aromatic heterocycles. The van der Waals surface area contributed by atoms with E-state index in [1.807, 2.05) is 27.8 Å². The molecule has 1 N–H and O–H groups in total. The summed E-state index contributed by atoms with van der Waals surface area (Å²) in [6, 6.07) is 0. The van der Waals surface area contributed by atoms with Gasteiger partial charge in [0.15, 0.2) is 5.78 Å². The Morgan fingerprint density at radius 1 is 1.29 bits per heavy atom. The molecule has 128 valence electrons. The molecule has 0 bridgehead atoms. The number of aryl methyl sites for hydroxylation is 2. The fraction of sp³-hybridized carbons (Fsp3) is 0.500. The zero-order valence-electron chi connectivity index (χ0n) is 14.8. The van der Waals surface area contributed by atoms with Crippen molar-refractivity contribution in [2.75, 3.05) is 7.11 Å². The first-order chi connectivity index (χ1) is 11.4. The third-order valence-corrected chi connectivity index (χ3v) is 5.03. The molecule has 0 fully saturated rings. The maximum atomic E-state index is 12.7. The van der Waals surface area contributed by atoms with Gasteiger partial charge in [-0.1, -0.05) is 0 Å². The van der Waals surface area contributed by atoms with Crippen LogP contribution in [0.5, 0.6) is 0 Å². The largest absolute Gasteiger partial charge is 0.466 e. The molecule has 2 heterocycles. The first-order valence-corrected chi connectivity index (χ1v) is 8.19. The normalized spacial score (nSPS) is 20.9. The number of ether oxygens (including phenoxy) is 1. The minimum Gasteiger partial charge on any atom is -0.466 e. The minimum absolute atomic E-state index is 0.102. The average molecular weight is 329 g/mol. The lowest BCUT2D eigenvalue weighted by Crippen LogP contribution is -2.34. The molecule has 6 nitrogen and oxygen atoms in total. The number of carbonyl (C=O) groups excluding carboxylic acids is 2. The van der Waals surface area contributed by atoms with Crippen molar-refractivity contribution in [2.24, 2.45) is 7.05 Å². The van der Waals surface area contributed by atoms with Gasteiger partial charge in [0, 0.05) is 41.7 Å². The van der Waals surface area contributed by atoms with Crippen LogP contribution in [0.2, 0.25) is 0 Å². The Labute approximate surface area is 141 Å². The number of methoxy groups -OCH3 is 1. The van der Waals surface area contributed by atoms with Gasteiger partial charge in [-0.3, -0.25) is 9.48 Å². The van der Waals surface area contributed by atoms with Gasteiger partial charge in [-0.05, 0) is 33.6 Å². The highest BCUT2D eigenvalue weighted by atomic mass is 16.5. The molecule has 1 atom stereocenters. The van der Waals surface area contributed by atoms with Crippen molar-refractivity contribution in [3.8, 4) is 0 Å². The molecule has 24 heavy (non-hydrogen) atoms. The number of dihydropyridines is 1. The molecule has 0 amide bonds. The summed E-state index contributed by atoms with van der Waals surface area (Å²) in [6.07, 6.45) is 2.17. The van der Waals surface area contributed by atoms with Gasteiger partial charge in [0.25, 0.3) is 0 Å². The molecule has 0 saturated heterocycles. The number of ketones is 1. The average Bonchev–Trinajstić information content (AvgIpc) is 2.78. The molecule has 1 aliphatic carbocycles. The summed E-state index contributed by atoms with van der Waals surface area (Å²) in [4.78, 5) is 25.2. The van der Waals surface area contributed by atoms with Gasteiger partial charge in [0.1, 0.15) is 0 Å². The Kier molecular flexibility index (Phi) is 4.07. The molecule has 2 aliphatic rings. The monoisotopic (exact) mass is 329 g/mol. The van der Waals surface area contributed by atoms with Crippen molar-refractivity contribution in [2.45, 2.75) is 46.0 Å². The maximum absolute atomic E-state index is 12.7. The second-order valence-corrected chi connectivity index (χ2v) is 6.47. The Hall–Kier alpha value is -2.37. The number of esters is 1. The molecule has 0 spiro atoms. The van der Waals surface area contributed by atoms with Gasteiger partial charge in [-0.15, -0.1) is 0 Å². The highest BCUT2D eigenvalue weighted by Crippen LogP contribution is 2.44. The quantitative estimate of drug-likeness (QED) is 0.842. The molecule has 0 aromatic carbocycles. The molecule has 1 aromatic rings.